The highest BCUT2D eigenvalue weighted by molar-refractivity contribution is 5.95. The van der Waals surface area contributed by atoms with E-state index in [1.165, 1.54) is 0 Å². The Morgan fingerprint density at radius 1 is 1.24 bits per heavy atom. The van der Waals surface area contributed by atoms with Crippen LogP contribution in [0.1, 0.15) is 10.4 Å². The zero-order valence-corrected chi connectivity index (χ0v) is 13.2. The third kappa shape index (κ3) is 4.44. The van der Waals surface area contributed by atoms with Gasteiger partial charge in [-0.25, -0.2) is 0 Å². The van der Waals surface area contributed by atoms with Crippen LogP contribution in [-0.2, 0) is 4.74 Å². The number of hydrogen-bond acceptors (Lipinski definition) is 4. The molecule has 2 rings (SSSR count). The molecule has 5 heteroatoms. The van der Waals surface area contributed by atoms with Crippen LogP contribution < -0.4 is 4.90 Å². The standard InChI is InChI=1S/C16H25N3O2/c1-17(2)15-6-4-5-14(13-15)16(20)18(3)7-8-19-9-11-21-12-10-19/h4-6,13H,7-12H2,1-3H3. The molecular formula is C16H25N3O2. The van der Waals surface area contributed by atoms with Gasteiger partial charge < -0.3 is 14.5 Å². The second-order valence-electron chi connectivity index (χ2n) is 5.63. The van der Waals surface area contributed by atoms with Gasteiger partial charge in [-0.05, 0) is 18.2 Å². The number of ether oxygens (including phenoxy) is 1. The molecule has 1 aromatic rings. The monoisotopic (exact) mass is 291 g/mol. The van der Waals surface area contributed by atoms with Crippen molar-refractivity contribution in [1.29, 1.82) is 0 Å². The fraction of sp³-hybridized carbons (Fsp3) is 0.562. The van der Waals surface area contributed by atoms with Crippen LogP contribution in [0.15, 0.2) is 24.3 Å². The summed E-state index contributed by atoms with van der Waals surface area (Å²) in [5.41, 5.74) is 1.79. The fourth-order valence-electron chi connectivity index (χ4n) is 2.36. The lowest BCUT2D eigenvalue weighted by atomic mass is 10.1. The van der Waals surface area contributed by atoms with Crippen molar-refractivity contribution in [2.24, 2.45) is 0 Å². The molecule has 0 saturated carbocycles. The summed E-state index contributed by atoms with van der Waals surface area (Å²) in [6, 6.07) is 7.75. The number of anilines is 1. The van der Waals surface area contributed by atoms with Gasteiger partial charge in [0.25, 0.3) is 5.91 Å². The summed E-state index contributed by atoms with van der Waals surface area (Å²) < 4.78 is 5.33. The highest BCUT2D eigenvalue weighted by Gasteiger charge is 2.15. The Balaban J connectivity index is 1.90. The highest BCUT2D eigenvalue weighted by atomic mass is 16.5. The number of morpholine rings is 1. The van der Waals surface area contributed by atoms with Gasteiger partial charge in [0.15, 0.2) is 0 Å². The van der Waals surface area contributed by atoms with Crippen LogP contribution in [-0.4, -0.2) is 76.2 Å². The first-order valence-corrected chi connectivity index (χ1v) is 7.41. The van der Waals surface area contributed by atoms with E-state index in [-0.39, 0.29) is 5.91 Å². The van der Waals surface area contributed by atoms with Crippen molar-refractivity contribution in [3.8, 4) is 0 Å². The molecule has 5 nitrogen and oxygen atoms in total. The van der Waals surface area contributed by atoms with Crippen molar-refractivity contribution in [3.63, 3.8) is 0 Å². The molecule has 0 unspecified atom stereocenters. The molecule has 1 heterocycles. The Bertz CT molecular complexity index is 470. The van der Waals surface area contributed by atoms with Gasteiger partial charge in [0, 0.05) is 58.6 Å². The van der Waals surface area contributed by atoms with E-state index in [2.05, 4.69) is 4.90 Å². The summed E-state index contributed by atoms with van der Waals surface area (Å²) in [5.74, 6) is 0.0759. The minimum absolute atomic E-state index is 0.0759. The Morgan fingerprint density at radius 3 is 2.62 bits per heavy atom. The van der Waals surface area contributed by atoms with Gasteiger partial charge in [0.1, 0.15) is 0 Å². The maximum atomic E-state index is 12.5. The van der Waals surface area contributed by atoms with E-state index in [1.54, 1.807) is 4.90 Å². The molecule has 0 N–H and O–H groups in total. The van der Waals surface area contributed by atoms with E-state index >= 15 is 0 Å². The topological polar surface area (TPSA) is 36.0 Å². The molecule has 0 aromatic heterocycles. The second kappa shape index (κ2) is 7.43. The Labute approximate surface area is 127 Å². The van der Waals surface area contributed by atoms with Gasteiger partial charge >= 0.3 is 0 Å². The van der Waals surface area contributed by atoms with Crippen LogP contribution in [0.4, 0.5) is 5.69 Å². The largest absolute Gasteiger partial charge is 0.379 e. The SMILES string of the molecule is CN(CCN1CCOCC1)C(=O)c1cccc(N(C)C)c1. The lowest BCUT2D eigenvalue weighted by Crippen LogP contribution is -2.41. The Morgan fingerprint density at radius 2 is 1.95 bits per heavy atom. The minimum atomic E-state index is 0.0759. The lowest BCUT2D eigenvalue weighted by Gasteiger charge is -2.28. The molecule has 21 heavy (non-hydrogen) atoms. The predicted molar refractivity (Wildman–Crippen MR) is 85.0 cm³/mol. The number of hydrogen-bond donors (Lipinski definition) is 0. The normalized spacial score (nSPS) is 15.8. The molecule has 1 fully saturated rings. The zero-order valence-electron chi connectivity index (χ0n) is 13.2. The van der Waals surface area contributed by atoms with Crippen molar-refractivity contribution in [1.82, 2.24) is 9.80 Å². The van der Waals surface area contributed by atoms with Crippen LogP contribution in [0.25, 0.3) is 0 Å². The van der Waals surface area contributed by atoms with Crippen molar-refractivity contribution in [3.05, 3.63) is 29.8 Å². The van der Waals surface area contributed by atoms with E-state index in [1.807, 2.05) is 50.3 Å². The number of amides is 1. The van der Waals surface area contributed by atoms with E-state index < -0.39 is 0 Å². The zero-order chi connectivity index (χ0) is 15.2. The average Bonchev–Trinajstić information content (AvgIpc) is 2.53. The predicted octanol–water partition coefficient (Wildman–Crippen LogP) is 1.16. The molecule has 0 bridgehead atoms. The highest BCUT2D eigenvalue weighted by Crippen LogP contribution is 2.14. The van der Waals surface area contributed by atoms with Crippen LogP contribution in [0.3, 0.4) is 0 Å². The third-order valence-corrected chi connectivity index (χ3v) is 3.81. The van der Waals surface area contributed by atoms with Crippen molar-refractivity contribution < 1.29 is 9.53 Å². The quantitative estimate of drug-likeness (QED) is 0.815. The molecule has 1 saturated heterocycles. The molecule has 0 radical (unpaired) electrons. The van der Waals surface area contributed by atoms with Crippen molar-refractivity contribution in [2.75, 3.05) is 65.4 Å². The summed E-state index contributed by atoms with van der Waals surface area (Å²) >= 11 is 0. The van der Waals surface area contributed by atoms with Gasteiger partial charge in [-0.2, -0.15) is 0 Å². The van der Waals surface area contributed by atoms with E-state index in [9.17, 15) is 4.79 Å². The Hall–Kier alpha value is -1.59. The lowest BCUT2D eigenvalue weighted by molar-refractivity contribution is 0.0338. The van der Waals surface area contributed by atoms with Crippen molar-refractivity contribution in [2.45, 2.75) is 0 Å². The summed E-state index contributed by atoms with van der Waals surface area (Å²) in [7, 11) is 5.82. The first-order chi connectivity index (χ1) is 10.1. The second-order valence-corrected chi connectivity index (χ2v) is 5.63. The summed E-state index contributed by atoms with van der Waals surface area (Å²) in [6.45, 7) is 5.14. The number of carbonyl (C=O) groups excluding carboxylic acids is 1. The molecule has 1 amide bonds. The molecule has 1 aliphatic rings. The maximum absolute atomic E-state index is 12.5. The van der Waals surface area contributed by atoms with Crippen LogP contribution >= 0.6 is 0 Å². The number of likely N-dealkylation sites (N-methyl/N-ethyl adjacent to an activating group) is 1. The molecule has 1 aromatic carbocycles. The number of nitrogens with zero attached hydrogens (tertiary/aromatic N) is 3. The summed E-state index contributed by atoms with van der Waals surface area (Å²) in [5, 5.41) is 0. The van der Waals surface area contributed by atoms with Gasteiger partial charge in [0.05, 0.1) is 13.2 Å². The smallest absolute Gasteiger partial charge is 0.253 e. The number of rotatable bonds is 5. The number of carbonyl (C=O) groups is 1. The number of benzene rings is 1. The molecule has 0 spiro atoms. The molecule has 1 aliphatic heterocycles. The first kappa shape index (κ1) is 15.8. The van der Waals surface area contributed by atoms with E-state index in [0.29, 0.717) is 0 Å². The van der Waals surface area contributed by atoms with Gasteiger partial charge in [0.2, 0.25) is 0 Å². The maximum Gasteiger partial charge on any atom is 0.253 e. The van der Waals surface area contributed by atoms with E-state index in [4.69, 9.17) is 4.74 Å². The average molecular weight is 291 g/mol. The summed E-state index contributed by atoms with van der Waals surface area (Å²) in [4.78, 5) is 18.6. The molecule has 0 aliphatic carbocycles. The van der Waals surface area contributed by atoms with Gasteiger partial charge in [-0.3, -0.25) is 9.69 Å². The van der Waals surface area contributed by atoms with Crippen LogP contribution in [0, 0.1) is 0 Å². The molecule has 116 valence electrons. The van der Waals surface area contributed by atoms with Crippen molar-refractivity contribution >= 4 is 11.6 Å². The minimum Gasteiger partial charge on any atom is -0.379 e. The summed E-state index contributed by atoms with van der Waals surface area (Å²) in [6.07, 6.45) is 0. The third-order valence-electron chi connectivity index (χ3n) is 3.81. The van der Waals surface area contributed by atoms with Gasteiger partial charge in [-0.1, -0.05) is 6.07 Å². The Kier molecular flexibility index (Phi) is 5.59. The van der Waals surface area contributed by atoms with Crippen LogP contribution in [0.2, 0.25) is 0 Å². The first-order valence-electron chi connectivity index (χ1n) is 7.41. The molecule has 0 atom stereocenters. The fourth-order valence-corrected chi connectivity index (χ4v) is 2.36. The molecular weight excluding hydrogens is 266 g/mol. The van der Waals surface area contributed by atoms with E-state index in [0.717, 1.165) is 50.6 Å². The van der Waals surface area contributed by atoms with Crippen LogP contribution in [0.5, 0.6) is 0 Å². The van der Waals surface area contributed by atoms with Gasteiger partial charge in [-0.15, -0.1) is 0 Å².